The smallest absolute Gasteiger partial charge is 0.164 e. The Morgan fingerprint density at radius 3 is 1.37 bits per heavy atom. The summed E-state index contributed by atoms with van der Waals surface area (Å²) in [7, 11) is 0. The van der Waals surface area contributed by atoms with Crippen molar-refractivity contribution in [3.63, 3.8) is 0 Å². The number of hydrogen-bond donors (Lipinski definition) is 0. The molecule has 0 amide bonds. The van der Waals surface area contributed by atoms with Gasteiger partial charge in [0.1, 0.15) is 0 Å². The summed E-state index contributed by atoms with van der Waals surface area (Å²) in [6, 6.07) is 77.4. The number of benzene rings is 9. The van der Waals surface area contributed by atoms with E-state index in [0.717, 1.165) is 61.2 Å². The minimum Gasteiger partial charge on any atom is -0.309 e. The van der Waals surface area contributed by atoms with Gasteiger partial charge in [0.25, 0.3) is 0 Å². The van der Waals surface area contributed by atoms with E-state index in [9.17, 15) is 0 Å². The highest BCUT2D eigenvalue weighted by Crippen LogP contribution is 2.44. The van der Waals surface area contributed by atoms with Crippen LogP contribution in [0.5, 0.6) is 0 Å². The summed E-state index contributed by atoms with van der Waals surface area (Å²) >= 11 is 0. The Morgan fingerprint density at radius 2 is 0.714 bits per heavy atom. The van der Waals surface area contributed by atoms with E-state index in [1.165, 1.54) is 38.0 Å². The van der Waals surface area contributed by atoms with Crippen LogP contribution in [0.3, 0.4) is 0 Å². The third kappa shape index (κ3) is 5.48. The van der Waals surface area contributed by atoms with Crippen LogP contribution in [-0.2, 0) is 0 Å². The zero-order valence-electron chi connectivity index (χ0n) is 34.0. The highest BCUT2D eigenvalue weighted by molar-refractivity contribution is 6.26. The average molecular weight is 805 g/mol. The Hall–Kier alpha value is -8.61. The summed E-state index contributed by atoms with van der Waals surface area (Å²) in [4.78, 5) is 15.2. The molecule has 0 spiro atoms. The predicted octanol–water partition coefficient (Wildman–Crippen LogP) is 14.2. The summed E-state index contributed by atoms with van der Waals surface area (Å²) in [6.07, 6.45) is 0. The average Bonchev–Trinajstić information content (AvgIpc) is 4.00. The molecule has 4 heterocycles. The van der Waals surface area contributed by atoms with Gasteiger partial charge in [-0.1, -0.05) is 152 Å². The fourth-order valence-corrected chi connectivity index (χ4v) is 9.71. The fraction of sp³-hybridized carbons (Fsp3) is 0. The molecule has 0 aliphatic rings. The van der Waals surface area contributed by atoms with Gasteiger partial charge in [-0.2, -0.15) is 0 Å². The molecule has 0 saturated heterocycles. The SMILES string of the molecule is c1ccc(-c2nc(-c3ccccc3)nc(-c3ccc4c5ccc6c(c7ccccc7n6-c6ccc7c(c6)c6ccccc6n7-c6ccccc6)c5n(-c5ccccc5)c4c3)n2)cc1. The van der Waals surface area contributed by atoms with Gasteiger partial charge in [-0.3, -0.25) is 0 Å². The summed E-state index contributed by atoms with van der Waals surface area (Å²) in [5.74, 6) is 1.90. The molecule has 0 radical (unpaired) electrons. The minimum absolute atomic E-state index is 0.625. The Labute approximate surface area is 362 Å². The number of nitrogens with zero attached hydrogens (tertiary/aromatic N) is 6. The van der Waals surface area contributed by atoms with Gasteiger partial charge in [0, 0.05) is 66.1 Å². The Balaban J connectivity index is 1.08. The topological polar surface area (TPSA) is 53.5 Å². The highest BCUT2D eigenvalue weighted by Gasteiger charge is 2.23. The van der Waals surface area contributed by atoms with Gasteiger partial charge in [-0.15, -0.1) is 0 Å². The van der Waals surface area contributed by atoms with Gasteiger partial charge in [-0.05, 0) is 66.7 Å². The number of para-hydroxylation sites is 4. The van der Waals surface area contributed by atoms with E-state index >= 15 is 0 Å². The van der Waals surface area contributed by atoms with E-state index in [1.54, 1.807) is 0 Å². The zero-order valence-corrected chi connectivity index (χ0v) is 34.0. The lowest BCUT2D eigenvalue weighted by molar-refractivity contribution is 1.07. The lowest BCUT2D eigenvalue weighted by Crippen LogP contribution is -2.00. The van der Waals surface area contributed by atoms with Crippen molar-refractivity contribution < 1.29 is 0 Å². The number of hydrogen-bond acceptors (Lipinski definition) is 3. The quantitative estimate of drug-likeness (QED) is 0.168. The molecule has 0 saturated carbocycles. The van der Waals surface area contributed by atoms with E-state index in [-0.39, 0.29) is 0 Å². The summed E-state index contributed by atoms with van der Waals surface area (Å²) in [6.45, 7) is 0. The van der Waals surface area contributed by atoms with E-state index in [0.29, 0.717) is 17.5 Å². The maximum absolute atomic E-state index is 5.11. The van der Waals surface area contributed by atoms with Gasteiger partial charge in [0.05, 0.1) is 33.1 Å². The molecule has 0 atom stereocenters. The number of rotatable bonds is 6. The molecule has 63 heavy (non-hydrogen) atoms. The first-order valence-corrected chi connectivity index (χ1v) is 21.3. The first kappa shape index (κ1) is 35.2. The second kappa shape index (κ2) is 14.0. The van der Waals surface area contributed by atoms with Crippen LogP contribution < -0.4 is 0 Å². The summed E-state index contributed by atoms with van der Waals surface area (Å²) in [5.41, 5.74) is 13.1. The van der Waals surface area contributed by atoms with Crippen LogP contribution in [0.4, 0.5) is 0 Å². The van der Waals surface area contributed by atoms with E-state index in [4.69, 9.17) is 15.0 Å². The van der Waals surface area contributed by atoms with Crippen molar-refractivity contribution in [1.29, 1.82) is 0 Å². The molecule has 0 unspecified atom stereocenters. The normalized spacial score (nSPS) is 11.8. The second-order valence-corrected chi connectivity index (χ2v) is 16.0. The van der Waals surface area contributed by atoms with Crippen LogP contribution in [-0.4, -0.2) is 28.7 Å². The molecule has 6 nitrogen and oxygen atoms in total. The summed E-state index contributed by atoms with van der Waals surface area (Å²) < 4.78 is 7.25. The minimum atomic E-state index is 0.625. The Bertz CT molecular complexity index is 3830. The third-order valence-corrected chi connectivity index (χ3v) is 12.5. The first-order chi connectivity index (χ1) is 31.3. The summed E-state index contributed by atoms with van der Waals surface area (Å²) in [5, 5.41) is 7.19. The maximum Gasteiger partial charge on any atom is 0.164 e. The van der Waals surface area contributed by atoms with E-state index in [2.05, 4.69) is 171 Å². The van der Waals surface area contributed by atoms with Crippen LogP contribution in [0.1, 0.15) is 0 Å². The van der Waals surface area contributed by atoms with Crippen LogP contribution >= 0.6 is 0 Å². The van der Waals surface area contributed by atoms with E-state index < -0.39 is 0 Å². The molecule has 13 aromatic rings. The van der Waals surface area contributed by atoms with Crippen LogP contribution in [0, 0.1) is 0 Å². The van der Waals surface area contributed by atoms with Gasteiger partial charge in [0.15, 0.2) is 17.5 Å². The van der Waals surface area contributed by atoms with Crippen molar-refractivity contribution in [1.82, 2.24) is 28.7 Å². The molecule has 0 N–H and O–H groups in total. The zero-order chi connectivity index (χ0) is 41.4. The number of fused-ring (bicyclic) bond motifs is 10. The Morgan fingerprint density at radius 1 is 0.254 bits per heavy atom. The molecule has 4 aromatic heterocycles. The molecule has 9 aromatic carbocycles. The molecule has 0 aliphatic carbocycles. The van der Waals surface area contributed by atoms with Gasteiger partial charge < -0.3 is 13.7 Å². The van der Waals surface area contributed by atoms with E-state index in [1.807, 2.05) is 60.7 Å². The molecule has 6 heteroatoms. The van der Waals surface area contributed by atoms with Crippen LogP contribution in [0.2, 0.25) is 0 Å². The molecule has 0 fully saturated rings. The van der Waals surface area contributed by atoms with Gasteiger partial charge in [0.2, 0.25) is 0 Å². The van der Waals surface area contributed by atoms with Crippen molar-refractivity contribution in [3.8, 4) is 51.2 Å². The predicted molar refractivity (Wildman–Crippen MR) is 259 cm³/mol. The van der Waals surface area contributed by atoms with Crippen molar-refractivity contribution >= 4 is 65.4 Å². The highest BCUT2D eigenvalue weighted by atomic mass is 15.0. The second-order valence-electron chi connectivity index (χ2n) is 16.0. The largest absolute Gasteiger partial charge is 0.309 e. The van der Waals surface area contributed by atoms with Crippen molar-refractivity contribution in [2.75, 3.05) is 0 Å². The van der Waals surface area contributed by atoms with Gasteiger partial charge in [-0.25, -0.2) is 15.0 Å². The molecule has 0 aliphatic heterocycles. The lowest BCUT2D eigenvalue weighted by Gasteiger charge is -2.11. The Kier molecular flexibility index (Phi) is 7.80. The monoisotopic (exact) mass is 804 g/mol. The molecule has 0 bridgehead atoms. The molecule has 294 valence electrons. The van der Waals surface area contributed by atoms with Crippen molar-refractivity contribution in [2.45, 2.75) is 0 Å². The van der Waals surface area contributed by atoms with Crippen LogP contribution in [0.15, 0.2) is 218 Å². The standard InChI is InChI=1S/C57H36N6/c1-5-17-37(18-6-1)55-58-56(38-19-7-2-8-20-38)60-57(59-55)39-29-31-44-45-32-34-51-53(54(45)63(52(44)35-39)41-23-11-4-12-24-41)46-26-14-16-28-49(46)62(51)42-30-33-50-47(36-42)43-25-13-15-27-48(43)61(50)40-21-9-3-10-22-40/h1-36H. The third-order valence-electron chi connectivity index (χ3n) is 12.5. The lowest BCUT2D eigenvalue weighted by atomic mass is 10.1. The van der Waals surface area contributed by atoms with Crippen molar-refractivity contribution in [2.24, 2.45) is 0 Å². The fourth-order valence-electron chi connectivity index (χ4n) is 9.71. The number of aromatic nitrogens is 6. The van der Waals surface area contributed by atoms with Crippen LogP contribution in [0.25, 0.3) is 117 Å². The molecular formula is C57H36N6. The van der Waals surface area contributed by atoms with Crippen molar-refractivity contribution in [3.05, 3.63) is 218 Å². The first-order valence-electron chi connectivity index (χ1n) is 21.3. The maximum atomic E-state index is 5.11. The molecule has 13 rings (SSSR count). The van der Waals surface area contributed by atoms with Gasteiger partial charge >= 0.3 is 0 Å². The molecular weight excluding hydrogens is 769 g/mol.